The largest absolute Gasteiger partial charge is 0.497 e. The number of ether oxygens (including phenoxy) is 3. The number of aromatic nitrogens is 3. The number of hydrogen-bond acceptors (Lipinski definition) is 9. The van der Waals surface area contributed by atoms with Gasteiger partial charge >= 0.3 is 0 Å². The van der Waals surface area contributed by atoms with Gasteiger partial charge in [0.05, 0.1) is 51.4 Å². The molecule has 3 N–H and O–H groups in total. The first-order chi connectivity index (χ1) is 26.7. The van der Waals surface area contributed by atoms with E-state index in [0.717, 1.165) is 65.4 Å². The van der Waals surface area contributed by atoms with Gasteiger partial charge in [-0.25, -0.2) is 0 Å². The predicted molar refractivity (Wildman–Crippen MR) is 218 cm³/mol. The maximum absolute atomic E-state index is 14.1. The van der Waals surface area contributed by atoms with Crippen molar-refractivity contribution in [3.05, 3.63) is 89.7 Å². The first kappa shape index (κ1) is 40.6. The molecule has 3 aromatic carbocycles. The van der Waals surface area contributed by atoms with E-state index in [4.69, 9.17) is 14.2 Å². The molecule has 4 aromatic rings. The highest BCUT2D eigenvalue weighted by Gasteiger charge is 2.50. The number of carbonyl (C=O) groups is 1. The van der Waals surface area contributed by atoms with Crippen LogP contribution in [0.3, 0.4) is 0 Å². The molecule has 11 nitrogen and oxygen atoms in total. The van der Waals surface area contributed by atoms with Crippen LogP contribution in [-0.4, -0.2) is 90.9 Å². The highest BCUT2D eigenvalue weighted by molar-refractivity contribution is 6.91. The summed E-state index contributed by atoms with van der Waals surface area (Å²) in [6, 6.07) is 22.6. The molecule has 5 atom stereocenters. The average Bonchev–Trinajstić information content (AvgIpc) is 3.78. The zero-order valence-corrected chi connectivity index (χ0v) is 34.1. The van der Waals surface area contributed by atoms with Crippen molar-refractivity contribution < 1.29 is 29.2 Å². The summed E-state index contributed by atoms with van der Waals surface area (Å²) in [5.41, 5.74) is 5.15. The minimum Gasteiger partial charge on any atom is -0.497 e. The second kappa shape index (κ2) is 18.7. The Labute approximate surface area is 327 Å². The Kier molecular flexibility index (Phi) is 13.8. The lowest BCUT2D eigenvalue weighted by molar-refractivity contribution is -0.120. The van der Waals surface area contributed by atoms with Gasteiger partial charge in [-0.2, -0.15) is 0 Å². The number of unbranched alkanes of at least 4 members (excludes halogenated alkanes) is 1. The Hall–Kier alpha value is -4.07. The smallest absolute Gasteiger partial charge is 0.249 e. The molecule has 0 bridgehead atoms. The number of anilines is 2. The van der Waals surface area contributed by atoms with Crippen LogP contribution in [0, 0.1) is 5.92 Å². The van der Waals surface area contributed by atoms with Crippen LogP contribution in [0.25, 0.3) is 0 Å². The number of aryl methyl sites for hydroxylation is 2. The molecule has 0 spiro atoms. The molecule has 2 aliphatic rings. The summed E-state index contributed by atoms with van der Waals surface area (Å²) in [6.45, 7) is 11.4. The maximum atomic E-state index is 14.1. The lowest BCUT2D eigenvalue weighted by atomic mass is 9.94. The van der Waals surface area contributed by atoms with Gasteiger partial charge in [-0.1, -0.05) is 54.7 Å². The minimum absolute atomic E-state index is 0.0258. The molecule has 1 amide bonds. The Morgan fingerprint density at radius 2 is 1.76 bits per heavy atom. The molecule has 12 heteroatoms. The van der Waals surface area contributed by atoms with E-state index in [-0.39, 0.29) is 37.4 Å². The van der Waals surface area contributed by atoms with Crippen LogP contribution in [0.4, 0.5) is 11.4 Å². The average molecular weight is 770 g/mol. The zero-order valence-electron chi connectivity index (χ0n) is 33.1. The van der Waals surface area contributed by atoms with Crippen molar-refractivity contribution in [1.29, 1.82) is 0 Å². The molecule has 296 valence electrons. The summed E-state index contributed by atoms with van der Waals surface area (Å²) in [7, 11) is -0.334. The van der Waals surface area contributed by atoms with Gasteiger partial charge in [0.2, 0.25) is 5.91 Å². The molecular weight excluding hydrogens is 711 g/mol. The van der Waals surface area contributed by atoms with Crippen LogP contribution in [-0.2, 0) is 35.3 Å². The van der Waals surface area contributed by atoms with Crippen LogP contribution in [0.15, 0.2) is 72.9 Å². The SMILES string of the molecule is CCOc1ccc2c(c1)CC(NCCCCO)C(=O)N2c1cccc(CC[C@@H]2O[C@H](CCn3cc(CCO)nn3)[C@@H]([Si](C)(C)c3ccc(OC)cc3)[C@@H]2C)c1. The fraction of sp³-hybridized carbons (Fsp3) is 0.512. The lowest BCUT2D eigenvalue weighted by Gasteiger charge is -2.36. The van der Waals surface area contributed by atoms with Crippen molar-refractivity contribution in [3.8, 4) is 11.5 Å². The second-order valence-corrected chi connectivity index (χ2v) is 20.2. The third-order valence-electron chi connectivity index (χ3n) is 11.6. The third-order valence-corrected chi connectivity index (χ3v) is 16.0. The van der Waals surface area contributed by atoms with Crippen molar-refractivity contribution >= 4 is 30.5 Å². The molecule has 1 saturated heterocycles. The summed E-state index contributed by atoms with van der Waals surface area (Å²) in [4.78, 5) is 16.0. The maximum Gasteiger partial charge on any atom is 0.249 e. The Balaban J connectivity index is 1.21. The standard InChI is InChI=1S/C43H59N5O6Si/c1-6-53-36-15-18-39-32(27-36)28-38(44-22-7-8-24-49)43(51)48(39)34-11-9-10-31(26-34)12-19-40-30(2)42(55(4,5)37-16-13-35(52-3)14-17-37)41(54-40)20-23-47-29-33(21-25-50)45-46-47/h9-11,13-18,26-27,29-30,38,40-42,44,49-50H,6-8,12,19-25,28H2,1-5H3/t30-,38?,40+,41-,42+/m1/s1. The van der Waals surface area contributed by atoms with E-state index >= 15 is 0 Å². The summed E-state index contributed by atoms with van der Waals surface area (Å²) in [5.74, 6) is 2.03. The van der Waals surface area contributed by atoms with Crippen LogP contribution in [0.1, 0.15) is 56.4 Å². The zero-order chi connectivity index (χ0) is 39.0. The monoisotopic (exact) mass is 769 g/mol. The topological polar surface area (TPSA) is 131 Å². The van der Waals surface area contributed by atoms with Crippen LogP contribution >= 0.6 is 0 Å². The highest BCUT2D eigenvalue weighted by atomic mass is 28.3. The van der Waals surface area contributed by atoms with Gasteiger partial charge in [0, 0.05) is 38.1 Å². The van der Waals surface area contributed by atoms with E-state index in [1.807, 2.05) is 40.9 Å². The molecule has 0 radical (unpaired) electrons. The van der Waals surface area contributed by atoms with E-state index in [1.165, 1.54) is 5.19 Å². The second-order valence-electron chi connectivity index (χ2n) is 15.5. The van der Waals surface area contributed by atoms with Gasteiger partial charge in [-0.15, -0.1) is 5.10 Å². The molecule has 0 saturated carbocycles. The Morgan fingerprint density at radius 1 is 0.964 bits per heavy atom. The number of nitrogens with zero attached hydrogens (tertiary/aromatic N) is 4. The van der Waals surface area contributed by atoms with Gasteiger partial charge < -0.3 is 29.7 Å². The van der Waals surface area contributed by atoms with E-state index in [9.17, 15) is 15.0 Å². The molecule has 1 aromatic heterocycles. The molecule has 0 aliphatic carbocycles. The number of benzene rings is 3. The normalized spacial score (nSPS) is 21.2. The van der Waals surface area contributed by atoms with Gasteiger partial charge in [-0.05, 0) is 117 Å². The number of rotatable bonds is 19. The van der Waals surface area contributed by atoms with Crippen molar-refractivity contribution in [2.45, 2.75) is 102 Å². The van der Waals surface area contributed by atoms with Crippen molar-refractivity contribution in [1.82, 2.24) is 20.3 Å². The summed E-state index contributed by atoms with van der Waals surface area (Å²) >= 11 is 0. The molecule has 2 aliphatic heterocycles. The van der Waals surface area contributed by atoms with Gasteiger partial charge in [0.15, 0.2) is 0 Å². The van der Waals surface area contributed by atoms with E-state index < -0.39 is 8.07 Å². The van der Waals surface area contributed by atoms with Crippen LogP contribution in [0.2, 0.25) is 18.6 Å². The Bertz CT molecular complexity index is 1850. The lowest BCUT2D eigenvalue weighted by Crippen LogP contribution is -2.50. The van der Waals surface area contributed by atoms with Gasteiger partial charge in [0.1, 0.15) is 11.5 Å². The minimum atomic E-state index is -2.04. The fourth-order valence-corrected chi connectivity index (χ4v) is 12.8. The summed E-state index contributed by atoms with van der Waals surface area (Å²) in [5, 5.41) is 32.1. The van der Waals surface area contributed by atoms with Gasteiger partial charge in [-0.3, -0.25) is 14.4 Å². The number of nitrogens with one attached hydrogen (secondary N) is 1. The first-order valence-corrected chi connectivity index (χ1v) is 23.1. The molecule has 55 heavy (non-hydrogen) atoms. The number of hydrogen-bond donors (Lipinski definition) is 3. The van der Waals surface area contributed by atoms with E-state index in [1.54, 1.807) is 7.11 Å². The van der Waals surface area contributed by atoms with Crippen molar-refractivity contribution in [2.75, 3.05) is 38.4 Å². The number of fused-ring (bicyclic) bond motifs is 1. The van der Waals surface area contributed by atoms with Crippen molar-refractivity contribution in [3.63, 3.8) is 0 Å². The summed E-state index contributed by atoms with van der Waals surface area (Å²) < 4.78 is 20.2. The van der Waals surface area contributed by atoms with Crippen molar-refractivity contribution in [2.24, 2.45) is 5.92 Å². The van der Waals surface area contributed by atoms with Crippen LogP contribution in [0.5, 0.6) is 11.5 Å². The number of aliphatic hydroxyl groups excluding tert-OH is 2. The highest BCUT2D eigenvalue weighted by Crippen LogP contribution is 2.47. The number of carbonyl (C=O) groups excluding carboxylic acids is 1. The Morgan fingerprint density at radius 3 is 2.51 bits per heavy atom. The number of methoxy groups -OCH3 is 1. The molecule has 1 unspecified atom stereocenters. The predicted octanol–water partition coefficient (Wildman–Crippen LogP) is 5.58. The molecule has 6 rings (SSSR count). The van der Waals surface area contributed by atoms with Gasteiger partial charge in [0.25, 0.3) is 0 Å². The number of aliphatic hydroxyl groups is 2. The fourth-order valence-electron chi connectivity index (χ4n) is 8.73. The molecular formula is C43H59N5O6Si. The summed E-state index contributed by atoms with van der Waals surface area (Å²) in [6.07, 6.45) is 7.16. The first-order valence-electron chi connectivity index (χ1n) is 20.0. The third kappa shape index (κ3) is 9.49. The molecule has 3 heterocycles. The molecule has 1 fully saturated rings. The van der Waals surface area contributed by atoms with E-state index in [2.05, 4.69) is 84.2 Å². The number of amides is 1. The van der Waals surface area contributed by atoms with Crippen LogP contribution < -0.4 is 24.9 Å². The quantitative estimate of drug-likeness (QED) is 0.0827. The van der Waals surface area contributed by atoms with E-state index in [0.29, 0.717) is 50.4 Å².